The normalized spacial score (nSPS) is 16.6. The molecule has 1 fully saturated rings. The van der Waals surface area contributed by atoms with Crippen LogP contribution in [0.2, 0.25) is 0 Å². The number of carbonyl (C=O) groups excluding carboxylic acids is 1. The molecule has 2 aromatic carbocycles. The van der Waals surface area contributed by atoms with Gasteiger partial charge in [-0.15, -0.1) is 0 Å². The van der Waals surface area contributed by atoms with Crippen molar-refractivity contribution in [2.75, 3.05) is 29.0 Å². The molecule has 1 amide bonds. The van der Waals surface area contributed by atoms with Gasteiger partial charge < -0.3 is 5.32 Å². The van der Waals surface area contributed by atoms with Crippen molar-refractivity contribution in [3.05, 3.63) is 54.3 Å². The van der Waals surface area contributed by atoms with Gasteiger partial charge in [0.2, 0.25) is 26.0 Å². The highest BCUT2D eigenvalue weighted by atomic mass is 32.2. The van der Waals surface area contributed by atoms with Crippen molar-refractivity contribution in [2.45, 2.75) is 43.5 Å². The van der Waals surface area contributed by atoms with Gasteiger partial charge in [-0.2, -0.15) is 4.31 Å². The Balaban J connectivity index is 1.75. The van der Waals surface area contributed by atoms with Crippen LogP contribution in [0.4, 0.5) is 15.8 Å². The molecule has 1 N–H and O–H groups in total. The molecule has 1 heterocycles. The van der Waals surface area contributed by atoms with E-state index in [1.54, 1.807) is 0 Å². The molecular weight excluding hydrogens is 469 g/mol. The number of hydrogen-bond donors (Lipinski definition) is 1. The van der Waals surface area contributed by atoms with Gasteiger partial charge in [0.05, 0.1) is 16.8 Å². The van der Waals surface area contributed by atoms with Crippen molar-refractivity contribution in [3.8, 4) is 0 Å². The predicted octanol–water partition coefficient (Wildman–Crippen LogP) is 3.18. The summed E-state index contributed by atoms with van der Waals surface area (Å²) in [5.74, 6) is -1.15. The molecule has 0 saturated carbocycles. The highest BCUT2D eigenvalue weighted by Crippen LogP contribution is 2.24. The third kappa shape index (κ3) is 6.10. The van der Waals surface area contributed by atoms with E-state index in [-0.39, 0.29) is 10.6 Å². The van der Waals surface area contributed by atoms with E-state index >= 15 is 0 Å². The van der Waals surface area contributed by atoms with Crippen molar-refractivity contribution >= 4 is 37.3 Å². The summed E-state index contributed by atoms with van der Waals surface area (Å²) in [5.41, 5.74) is 0.481. The van der Waals surface area contributed by atoms with Gasteiger partial charge in [0.1, 0.15) is 11.9 Å². The van der Waals surface area contributed by atoms with Crippen molar-refractivity contribution in [1.29, 1.82) is 0 Å². The Labute approximate surface area is 194 Å². The summed E-state index contributed by atoms with van der Waals surface area (Å²) in [6.45, 7) is 2.39. The minimum absolute atomic E-state index is 0.138. The molecular formula is C22H28FN3O5S2. The summed E-state index contributed by atoms with van der Waals surface area (Å²) in [4.78, 5) is 12.9. The van der Waals surface area contributed by atoms with Gasteiger partial charge in [-0.25, -0.2) is 21.2 Å². The van der Waals surface area contributed by atoms with Crippen LogP contribution in [0.15, 0.2) is 53.4 Å². The Bertz CT molecular complexity index is 1180. The van der Waals surface area contributed by atoms with Gasteiger partial charge in [-0.1, -0.05) is 12.8 Å². The van der Waals surface area contributed by atoms with E-state index < -0.39 is 37.8 Å². The minimum atomic E-state index is -3.84. The lowest BCUT2D eigenvalue weighted by Crippen LogP contribution is -2.45. The maximum absolute atomic E-state index is 13.3. The molecule has 2 aromatic rings. The fourth-order valence-corrected chi connectivity index (χ4v) is 6.48. The van der Waals surface area contributed by atoms with Crippen LogP contribution in [-0.2, 0) is 24.8 Å². The van der Waals surface area contributed by atoms with Crippen molar-refractivity contribution < 1.29 is 26.0 Å². The molecule has 3 rings (SSSR count). The summed E-state index contributed by atoms with van der Waals surface area (Å²) >= 11 is 0. The number of anilines is 2. The molecule has 0 radical (unpaired) electrons. The van der Waals surface area contributed by atoms with Crippen LogP contribution in [0.3, 0.4) is 0 Å². The van der Waals surface area contributed by atoms with E-state index in [4.69, 9.17) is 0 Å². The van der Waals surface area contributed by atoms with Crippen LogP contribution in [-0.4, -0.2) is 52.4 Å². The Morgan fingerprint density at radius 3 is 2.00 bits per heavy atom. The third-order valence-electron chi connectivity index (χ3n) is 5.49. The number of amides is 1. The van der Waals surface area contributed by atoms with Crippen LogP contribution in [0.25, 0.3) is 0 Å². The van der Waals surface area contributed by atoms with Gasteiger partial charge in [-0.05, 0) is 68.3 Å². The van der Waals surface area contributed by atoms with Crippen molar-refractivity contribution in [2.24, 2.45) is 0 Å². The Hall–Kier alpha value is -2.50. The average molecular weight is 498 g/mol. The molecule has 33 heavy (non-hydrogen) atoms. The Morgan fingerprint density at radius 2 is 1.48 bits per heavy atom. The molecule has 180 valence electrons. The minimum Gasteiger partial charge on any atom is -0.324 e. The summed E-state index contributed by atoms with van der Waals surface area (Å²) in [6.07, 6.45) is 4.64. The van der Waals surface area contributed by atoms with Gasteiger partial charge in [0, 0.05) is 18.8 Å². The molecule has 0 unspecified atom stereocenters. The number of nitrogens with one attached hydrogen (secondary N) is 1. The first-order chi connectivity index (χ1) is 15.5. The SMILES string of the molecule is C[C@@H](C(=O)Nc1ccc(S(=O)(=O)N2CCCCCC2)cc1)N(c1ccc(F)cc1)S(C)(=O)=O. The van der Waals surface area contributed by atoms with E-state index in [2.05, 4.69) is 5.32 Å². The first kappa shape index (κ1) is 25.1. The molecule has 1 aliphatic rings. The second kappa shape index (κ2) is 10.2. The van der Waals surface area contributed by atoms with Crippen LogP contribution in [0, 0.1) is 5.82 Å². The number of hydrogen-bond acceptors (Lipinski definition) is 5. The van der Waals surface area contributed by atoms with Gasteiger partial charge in [0.15, 0.2) is 0 Å². The molecule has 11 heteroatoms. The number of rotatable bonds is 7. The van der Waals surface area contributed by atoms with E-state index in [0.29, 0.717) is 18.8 Å². The highest BCUT2D eigenvalue weighted by molar-refractivity contribution is 7.92. The highest BCUT2D eigenvalue weighted by Gasteiger charge is 2.29. The number of carbonyl (C=O) groups is 1. The maximum Gasteiger partial charge on any atom is 0.247 e. The smallest absolute Gasteiger partial charge is 0.247 e. The second-order valence-electron chi connectivity index (χ2n) is 8.04. The van der Waals surface area contributed by atoms with Gasteiger partial charge in [-0.3, -0.25) is 9.10 Å². The van der Waals surface area contributed by atoms with Crippen LogP contribution in [0.5, 0.6) is 0 Å². The molecule has 0 spiro atoms. The fourth-order valence-electron chi connectivity index (χ4n) is 3.78. The summed E-state index contributed by atoms with van der Waals surface area (Å²) in [6, 6.07) is 9.44. The van der Waals surface area contributed by atoms with Crippen LogP contribution in [0.1, 0.15) is 32.6 Å². The topological polar surface area (TPSA) is 104 Å². The second-order valence-corrected chi connectivity index (χ2v) is 11.8. The molecule has 8 nitrogen and oxygen atoms in total. The molecule has 0 bridgehead atoms. The summed E-state index contributed by atoms with van der Waals surface area (Å²) in [5, 5.41) is 2.62. The summed E-state index contributed by atoms with van der Waals surface area (Å²) < 4.78 is 66.1. The van der Waals surface area contributed by atoms with Gasteiger partial charge in [0.25, 0.3) is 0 Å². The fraction of sp³-hybridized carbons (Fsp3) is 0.409. The average Bonchev–Trinajstić information content (AvgIpc) is 3.05. The van der Waals surface area contributed by atoms with Gasteiger partial charge >= 0.3 is 0 Å². The Kier molecular flexibility index (Phi) is 7.76. The molecule has 1 aliphatic heterocycles. The predicted molar refractivity (Wildman–Crippen MR) is 125 cm³/mol. The third-order valence-corrected chi connectivity index (χ3v) is 8.65. The number of halogens is 1. The molecule has 1 atom stereocenters. The lowest BCUT2D eigenvalue weighted by Gasteiger charge is -2.28. The van der Waals surface area contributed by atoms with E-state index in [0.717, 1.165) is 48.4 Å². The lowest BCUT2D eigenvalue weighted by molar-refractivity contribution is -0.116. The zero-order valence-electron chi connectivity index (χ0n) is 18.6. The quantitative estimate of drug-likeness (QED) is 0.633. The van der Waals surface area contributed by atoms with Crippen LogP contribution < -0.4 is 9.62 Å². The monoisotopic (exact) mass is 497 g/mol. The zero-order valence-corrected chi connectivity index (χ0v) is 20.2. The zero-order chi connectivity index (χ0) is 24.2. The first-order valence-corrected chi connectivity index (χ1v) is 13.9. The van der Waals surface area contributed by atoms with E-state index in [1.807, 2.05) is 0 Å². The molecule has 1 saturated heterocycles. The van der Waals surface area contributed by atoms with E-state index in [9.17, 15) is 26.0 Å². The van der Waals surface area contributed by atoms with E-state index in [1.165, 1.54) is 47.6 Å². The molecule has 0 aromatic heterocycles. The maximum atomic E-state index is 13.3. The van der Waals surface area contributed by atoms with Crippen molar-refractivity contribution in [1.82, 2.24) is 4.31 Å². The largest absolute Gasteiger partial charge is 0.324 e. The number of benzene rings is 2. The van der Waals surface area contributed by atoms with Crippen molar-refractivity contribution in [3.63, 3.8) is 0 Å². The lowest BCUT2D eigenvalue weighted by atomic mass is 10.2. The number of nitrogens with zero attached hydrogens (tertiary/aromatic N) is 2. The Morgan fingerprint density at radius 1 is 0.939 bits per heavy atom. The molecule has 0 aliphatic carbocycles. The number of sulfonamides is 2. The standard InChI is InChI=1S/C22H28FN3O5S2/c1-17(26(32(2,28)29)20-11-7-18(23)8-12-20)22(27)24-19-9-13-21(14-10-19)33(30,31)25-15-5-3-4-6-16-25/h7-14,17H,3-6,15-16H2,1-2H3,(H,24,27)/t17-/m0/s1. The summed E-state index contributed by atoms with van der Waals surface area (Å²) in [7, 11) is -7.46. The van der Waals surface area contributed by atoms with Crippen LogP contribution >= 0.6 is 0 Å². The first-order valence-electron chi connectivity index (χ1n) is 10.7.